The second-order valence-corrected chi connectivity index (χ2v) is 7.42. The number of carbonyl (C=O) groups excluding carboxylic acids is 2. The fourth-order valence-electron chi connectivity index (χ4n) is 2.59. The number of methoxy groups -OCH3 is 1. The molecule has 0 aromatic heterocycles. The van der Waals surface area contributed by atoms with E-state index in [1.54, 1.807) is 42.5 Å². The maximum absolute atomic E-state index is 12.8. The zero-order chi connectivity index (χ0) is 20.7. The highest BCUT2D eigenvalue weighted by molar-refractivity contribution is 6.31. The van der Waals surface area contributed by atoms with Crippen molar-refractivity contribution in [3.63, 3.8) is 0 Å². The number of hydrogen-bond acceptors (Lipinski definition) is 4. The molecule has 0 radical (unpaired) electrons. The van der Waals surface area contributed by atoms with Gasteiger partial charge in [0.1, 0.15) is 5.75 Å². The van der Waals surface area contributed by atoms with E-state index in [0.29, 0.717) is 34.4 Å². The molecule has 1 atom stereocenters. The number of esters is 1. The third kappa shape index (κ3) is 5.99. The van der Waals surface area contributed by atoms with Gasteiger partial charge in [-0.15, -0.1) is 0 Å². The Morgan fingerprint density at radius 3 is 2.36 bits per heavy atom. The number of ether oxygens (including phenoxy) is 2. The van der Waals surface area contributed by atoms with Crippen molar-refractivity contribution in [1.29, 1.82) is 0 Å². The van der Waals surface area contributed by atoms with Gasteiger partial charge in [0, 0.05) is 5.02 Å². The first-order chi connectivity index (χ1) is 13.3. The van der Waals surface area contributed by atoms with Crippen LogP contribution < -0.4 is 10.1 Å². The Balaban J connectivity index is 2.10. The van der Waals surface area contributed by atoms with Crippen LogP contribution in [0.2, 0.25) is 5.02 Å². The minimum absolute atomic E-state index is 0.262. The summed E-state index contributed by atoms with van der Waals surface area (Å²) in [5.41, 5.74) is 1.72. The fraction of sp³-hybridized carbons (Fsp3) is 0.364. The molecule has 0 unspecified atom stereocenters. The zero-order valence-electron chi connectivity index (χ0n) is 16.6. The van der Waals surface area contributed by atoms with Gasteiger partial charge < -0.3 is 14.8 Å². The molecule has 0 aliphatic carbocycles. The summed E-state index contributed by atoms with van der Waals surface area (Å²) in [6, 6.07) is 11.7. The van der Waals surface area contributed by atoms with E-state index >= 15 is 0 Å². The van der Waals surface area contributed by atoms with Gasteiger partial charge in [0.05, 0.1) is 30.9 Å². The minimum atomic E-state index is -0.398. The standard InChI is InChI=1S/C22H26ClNO4/c1-14(2)11-12-28-20-10-9-18(23)13-19(20)21(25)24-15(3)16-5-7-17(8-6-16)22(26)27-4/h5-10,13-15H,11-12H2,1-4H3,(H,24,25)/t15-/m0/s1. The molecule has 2 aromatic carbocycles. The van der Waals surface area contributed by atoms with Crippen LogP contribution >= 0.6 is 11.6 Å². The van der Waals surface area contributed by atoms with Crippen molar-refractivity contribution in [3.05, 3.63) is 64.2 Å². The Kier molecular flexibility index (Phi) is 7.88. The van der Waals surface area contributed by atoms with Crippen molar-refractivity contribution in [3.8, 4) is 5.75 Å². The van der Waals surface area contributed by atoms with Crippen molar-refractivity contribution in [2.24, 2.45) is 5.92 Å². The molecular formula is C22H26ClNO4. The van der Waals surface area contributed by atoms with E-state index < -0.39 is 5.97 Å². The minimum Gasteiger partial charge on any atom is -0.493 e. The largest absolute Gasteiger partial charge is 0.493 e. The number of rotatable bonds is 8. The van der Waals surface area contributed by atoms with Crippen LogP contribution in [0.25, 0.3) is 0 Å². The lowest BCUT2D eigenvalue weighted by Crippen LogP contribution is -2.27. The molecule has 0 aliphatic heterocycles. The molecule has 2 aromatic rings. The predicted molar refractivity (Wildman–Crippen MR) is 110 cm³/mol. The van der Waals surface area contributed by atoms with Gasteiger partial charge in [0.15, 0.2) is 0 Å². The SMILES string of the molecule is COC(=O)c1ccc([C@H](C)NC(=O)c2cc(Cl)ccc2OCCC(C)C)cc1. The highest BCUT2D eigenvalue weighted by Gasteiger charge is 2.17. The van der Waals surface area contributed by atoms with Crippen LogP contribution in [0, 0.1) is 5.92 Å². The van der Waals surface area contributed by atoms with Crippen LogP contribution in [0.15, 0.2) is 42.5 Å². The molecule has 5 nitrogen and oxygen atoms in total. The summed E-state index contributed by atoms with van der Waals surface area (Å²) in [4.78, 5) is 24.3. The third-order valence-electron chi connectivity index (χ3n) is 4.32. The van der Waals surface area contributed by atoms with E-state index in [4.69, 9.17) is 21.1 Å². The number of benzene rings is 2. The molecule has 150 valence electrons. The molecule has 0 fully saturated rings. The quantitative estimate of drug-likeness (QED) is 0.627. The summed E-state index contributed by atoms with van der Waals surface area (Å²) in [5, 5.41) is 3.42. The van der Waals surface area contributed by atoms with Gasteiger partial charge >= 0.3 is 5.97 Å². The molecular weight excluding hydrogens is 378 g/mol. The lowest BCUT2D eigenvalue weighted by Gasteiger charge is -2.17. The van der Waals surface area contributed by atoms with Gasteiger partial charge in [0.2, 0.25) is 0 Å². The number of nitrogens with one attached hydrogen (secondary N) is 1. The molecule has 0 aliphatic rings. The molecule has 0 saturated carbocycles. The predicted octanol–water partition coefficient (Wildman–Crippen LogP) is 5.04. The number of halogens is 1. The van der Waals surface area contributed by atoms with Gasteiger partial charge in [-0.3, -0.25) is 4.79 Å². The van der Waals surface area contributed by atoms with Gasteiger partial charge in [0.25, 0.3) is 5.91 Å². The van der Waals surface area contributed by atoms with Crippen LogP contribution in [-0.2, 0) is 4.74 Å². The monoisotopic (exact) mass is 403 g/mol. The van der Waals surface area contributed by atoms with Crippen molar-refractivity contribution in [2.45, 2.75) is 33.2 Å². The van der Waals surface area contributed by atoms with Crippen LogP contribution in [0.3, 0.4) is 0 Å². The number of hydrogen-bond donors (Lipinski definition) is 1. The van der Waals surface area contributed by atoms with E-state index in [0.717, 1.165) is 12.0 Å². The van der Waals surface area contributed by atoms with Crippen molar-refractivity contribution >= 4 is 23.5 Å². The molecule has 6 heteroatoms. The number of amides is 1. The average Bonchev–Trinajstić information content (AvgIpc) is 2.68. The second-order valence-electron chi connectivity index (χ2n) is 6.98. The second kappa shape index (κ2) is 10.1. The van der Waals surface area contributed by atoms with Crippen LogP contribution in [0.1, 0.15) is 59.5 Å². The Hall–Kier alpha value is -2.53. The molecule has 0 heterocycles. The van der Waals surface area contributed by atoms with Crippen molar-refractivity contribution < 1.29 is 19.1 Å². The third-order valence-corrected chi connectivity index (χ3v) is 4.55. The normalized spacial score (nSPS) is 11.8. The average molecular weight is 404 g/mol. The van der Waals surface area contributed by atoms with E-state index in [9.17, 15) is 9.59 Å². The van der Waals surface area contributed by atoms with E-state index in [2.05, 4.69) is 19.2 Å². The lowest BCUT2D eigenvalue weighted by molar-refractivity contribution is 0.0600. The van der Waals surface area contributed by atoms with Gasteiger partial charge in [-0.2, -0.15) is 0 Å². The summed E-state index contributed by atoms with van der Waals surface area (Å²) < 4.78 is 10.5. The summed E-state index contributed by atoms with van der Waals surface area (Å²) in [6.45, 7) is 6.64. The maximum atomic E-state index is 12.8. The van der Waals surface area contributed by atoms with Crippen LogP contribution in [0.5, 0.6) is 5.75 Å². The smallest absolute Gasteiger partial charge is 0.337 e. The summed E-state index contributed by atoms with van der Waals surface area (Å²) in [6.07, 6.45) is 0.895. The topological polar surface area (TPSA) is 64.6 Å². The fourth-order valence-corrected chi connectivity index (χ4v) is 2.77. The summed E-state index contributed by atoms with van der Waals surface area (Å²) >= 11 is 6.08. The van der Waals surface area contributed by atoms with E-state index in [1.165, 1.54) is 7.11 Å². The molecule has 2 rings (SSSR count). The number of carbonyl (C=O) groups is 2. The van der Waals surface area contributed by atoms with Gasteiger partial charge in [-0.05, 0) is 55.2 Å². The van der Waals surface area contributed by atoms with Gasteiger partial charge in [-0.25, -0.2) is 4.79 Å². The highest BCUT2D eigenvalue weighted by atomic mass is 35.5. The summed E-state index contributed by atoms with van der Waals surface area (Å²) in [5.74, 6) is 0.352. The first-order valence-corrected chi connectivity index (χ1v) is 9.61. The Bertz CT molecular complexity index is 818. The molecule has 1 N–H and O–H groups in total. The first kappa shape index (κ1) is 21.8. The van der Waals surface area contributed by atoms with Crippen LogP contribution in [-0.4, -0.2) is 25.6 Å². The van der Waals surface area contributed by atoms with Gasteiger partial charge in [-0.1, -0.05) is 37.6 Å². The van der Waals surface area contributed by atoms with E-state index in [-0.39, 0.29) is 11.9 Å². The van der Waals surface area contributed by atoms with Crippen molar-refractivity contribution in [2.75, 3.05) is 13.7 Å². The van der Waals surface area contributed by atoms with Crippen LogP contribution in [0.4, 0.5) is 0 Å². The Morgan fingerprint density at radius 2 is 1.75 bits per heavy atom. The molecule has 0 saturated heterocycles. The van der Waals surface area contributed by atoms with Crippen molar-refractivity contribution in [1.82, 2.24) is 5.32 Å². The molecule has 0 spiro atoms. The maximum Gasteiger partial charge on any atom is 0.337 e. The van der Waals surface area contributed by atoms with E-state index in [1.807, 2.05) is 6.92 Å². The summed E-state index contributed by atoms with van der Waals surface area (Å²) in [7, 11) is 1.34. The Labute approximate surface area is 171 Å². The molecule has 28 heavy (non-hydrogen) atoms. The Morgan fingerprint density at radius 1 is 1.07 bits per heavy atom. The highest BCUT2D eigenvalue weighted by Crippen LogP contribution is 2.24. The molecule has 1 amide bonds. The zero-order valence-corrected chi connectivity index (χ0v) is 17.4. The lowest BCUT2D eigenvalue weighted by atomic mass is 10.1. The molecule has 0 bridgehead atoms. The first-order valence-electron chi connectivity index (χ1n) is 9.23.